The zero-order valence-corrected chi connectivity index (χ0v) is 15.9. The first-order valence-electron chi connectivity index (χ1n) is 9.33. The molecule has 0 saturated heterocycles. The number of carbonyl (C=O) groups excluding carboxylic acids is 1. The van der Waals surface area contributed by atoms with E-state index in [-0.39, 0.29) is 5.91 Å². The molecule has 0 aromatic heterocycles. The maximum Gasteiger partial charge on any atom is 0.260 e. The van der Waals surface area contributed by atoms with E-state index >= 15 is 0 Å². The lowest BCUT2D eigenvalue weighted by molar-refractivity contribution is -0.127. The van der Waals surface area contributed by atoms with Crippen molar-refractivity contribution < 1.29 is 9.53 Å². The Morgan fingerprint density at radius 1 is 1.00 bits per heavy atom. The van der Waals surface area contributed by atoms with Crippen LogP contribution < -0.4 is 15.0 Å². The zero-order chi connectivity index (χ0) is 19.1. The third-order valence-electron chi connectivity index (χ3n) is 4.57. The van der Waals surface area contributed by atoms with Crippen molar-refractivity contribution in [2.75, 3.05) is 25.0 Å². The minimum Gasteiger partial charge on any atom is -0.481 e. The standard InChI is InChI=1S/C23H26N2O2/c1-18(27-22-14-13-19-9-6-7-10-20(19)17-22)23(26)24-15-8-16-25(2)21-11-4-3-5-12-21/h3-7,9-14,17-18H,8,15-16H2,1-2H3,(H,24,26). The van der Waals surface area contributed by atoms with Gasteiger partial charge in [-0.1, -0.05) is 48.5 Å². The molecule has 0 saturated carbocycles. The Balaban J connectivity index is 1.43. The zero-order valence-electron chi connectivity index (χ0n) is 15.9. The fraction of sp³-hybridized carbons (Fsp3) is 0.261. The van der Waals surface area contributed by atoms with Crippen LogP contribution in [0, 0.1) is 0 Å². The van der Waals surface area contributed by atoms with E-state index in [1.54, 1.807) is 6.92 Å². The maximum absolute atomic E-state index is 12.3. The number of hydrogen-bond acceptors (Lipinski definition) is 3. The van der Waals surface area contributed by atoms with Gasteiger partial charge in [0, 0.05) is 25.8 Å². The number of rotatable bonds is 8. The number of nitrogens with one attached hydrogen (secondary N) is 1. The monoisotopic (exact) mass is 362 g/mol. The summed E-state index contributed by atoms with van der Waals surface area (Å²) < 4.78 is 5.81. The molecule has 3 aromatic carbocycles. The summed E-state index contributed by atoms with van der Waals surface area (Å²) in [6.07, 6.45) is 0.345. The number of anilines is 1. The Hall–Kier alpha value is -3.01. The predicted molar refractivity (Wildman–Crippen MR) is 111 cm³/mol. The fourth-order valence-electron chi connectivity index (χ4n) is 2.98. The summed E-state index contributed by atoms with van der Waals surface area (Å²) in [5.41, 5.74) is 1.18. The number of amides is 1. The highest BCUT2D eigenvalue weighted by molar-refractivity contribution is 5.84. The molecule has 3 aromatic rings. The summed E-state index contributed by atoms with van der Waals surface area (Å²) in [4.78, 5) is 14.5. The largest absolute Gasteiger partial charge is 0.481 e. The number of benzene rings is 3. The molecule has 0 heterocycles. The molecule has 1 amide bonds. The van der Waals surface area contributed by atoms with Gasteiger partial charge in [0.1, 0.15) is 5.75 Å². The Kier molecular flexibility index (Phi) is 6.31. The molecule has 0 fully saturated rings. The van der Waals surface area contributed by atoms with Gasteiger partial charge < -0.3 is 15.0 Å². The number of hydrogen-bond donors (Lipinski definition) is 1. The van der Waals surface area contributed by atoms with Crippen molar-refractivity contribution in [1.29, 1.82) is 0 Å². The lowest BCUT2D eigenvalue weighted by atomic mass is 10.1. The molecule has 4 heteroatoms. The van der Waals surface area contributed by atoms with Crippen molar-refractivity contribution in [3.63, 3.8) is 0 Å². The second-order valence-electron chi connectivity index (χ2n) is 6.67. The van der Waals surface area contributed by atoms with Gasteiger partial charge in [0.2, 0.25) is 0 Å². The lowest BCUT2D eigenvalue weighted by Crippen LogP contribution is -2.37. The Morgan fingerprint density at radius 2 is 1.70 bits per heavy atom. The van der Waals surface area contributed by atoms with Crippen molar-refractivity contribution in [2.45, 2.75) is 19.4 Å². The molecule has 0 radical (unpaired) electrons. The number of fused-ring (bicyclic) bond motifs is 1. The van der Waals surface area contributed by atoms with Crippen molar-refractivity contribution in [2.24, 2.45) is 0 Å². The van der Waals surface area contributed by atoms with E-state index in [4.69, 9.17) is 4.74 Å². The molecule has 140 valence electrons. The van der Waals surface area contributed by atoms with E-state index in [0.717, 1.165) is 23.7 Å². The van der Waals surface area contributed by atoms with Crippen LogP contribution in [0.15, 0.2) is 72.8 Å². The summed E-state index contributed by atoms with van der Waals surface area (Å²) in [5.74, 6) is 0.616. The van der Waals surface area contributed by atoms with Gasteiger partial charge in [-0.25, -0.2) is 0 Å². The van der Waals surface area contributed by atoms with Crippen molar-refractivity contribution in [1.82, 2.24) is 5.32 Å². The first-order chi connectivity index (χ1) is 13.1. The second kappa shape index (κ2) is 9.08. The highest BCUT2D eigenvalue weighted by atomic mass is 16.5. The summed E-state index contributed by atoms with van der Waals surface area (Å²) in [6, 6.07) is 24.2. The molecule has 1 atom stereocenters. The van der Waals surface area contributed by atoms with Crippen LogP contribution in [0.25, 0.3) is 10.8 Å². The first-order valence-corrected chi connectivity index (χ1v) is 9.33. The summed E-state index contributed by atoms with van der Waals surface area (Å²) in [6.45, 7) is 3.28. The molecule has 0 aliphatic heterocycles. The van der Waals surface area contributed by atoms with Crippen molar-refractivity contribution in [3.05, 3.63) is 72.8 Å². The predicted octanol–water partition coefficient (Wildman–Crippen LogP) is 4.25. The molecule has 1 unspecified atom stereocenters. The van der Waals surface area contributed by atoms with Crippen LogP contribution in [0.1, 0.15) is 13.3 Å². The van der Waals surface area contributed by atoms with Crippen molar-refractivity contribution in [3.8, 4) is 5.75 Å². The minimum atomic E-state index is -0.530. The summed E-state index contributed by atoms with van der Waals surface area (Å²) >= 11 is 0. The van der Waals surface area contributed by atoms with Gasteiger partial charge in [0.25, 0.3) is 5.91 Å². The first kappa shape index (κ1) is 18.8. The van der Waals surface area contributed by atoms with Crippen LogP contribution in [-0.2, 0) is 4.79 Å². The summed E-state index contributed by atoms with van der Waals surface area (Å²) in [7, 11) is 2.06. The van der Waals surface area contributed by atoms with E-state index in [2.05, 4.69) is 35.5 Å². The lowest BCUT2D eigenvalue weighted by Gasteiger charge is -2.20. The number of nitrogens with zero attached hydrogens (tertiary/aromatic N) is 1. The third kappa shape index (κ3) is 5.23. The quantitative estimate of drug-likeness (QED) is 0.609. The van der Waals surface area contributed by atoms with Crippen LogP contribution in [0.2, 0.25) is 0 Å². The summed E-state index contributed by atoms with van der Waals surface area (Å²) in [5, 5.41) is 5.22. The Labute approximate surface area is 160 Å². The number of carbonyl (C=O) groups is 1. The highest BCUT2D eigenvalue weighted by Gasteiger charge is 2.14. The van der Waals surface area contributed by atoms with Crippen molar-refractivity contribution >= 4 is 22.4 Å². The van der Waals surface area contributed by atoms with Gasteiger partial charge in [-0.05, 0) is 48.4 Å². The maximum atomic E-state index is 12.3. The molecule has 27 heavy (non-hydrogen) atoms. The highest BCUT2D eigenvalue weighted by Crippen LogP contribution is 2.21. The van der Waals surface area contributed by atoms with E-state index in [9.17, 15) is 4.79 Å². The van der Waals surface area contributed by atoms with E-state index in [1.807, 2.05) is 54.6 Å². The molecular weight excluding hydrogens is 336 g/mol. The number of ether oxygens (including phenoxy) is 1. The van der Waals surface area contributed by atoms with Gasteiger partial charge in [0.05, 0.1) is 0 Å². The van der Waals surface area contributed by atoms with Gasteiger partial charge in [-0.15, -0.1) is 0 Å². The minimum absolute atomic E-state index is 0.0921. The molecule has 0 aliphatic rings. The molecular formula is C23H26N2O2. The molecule has 3 rings (SSSR count). The van der Waals surface area contributed by atoms with Crippen LogP contribution in [0.5, 0.6) is 5.75 Å². The van der Waals surface area contributed by atoms with Gasteiger partial charge in [-0.2, -0.15) is 0 Å². The molecule has 4 nitrogen and oxygen atoms in total. The Morgan fingerprint density at radius 3 is 2.48 bits per heavy atom. The normalized spacial score (nSPS) is 11.8. The van der Waals surface area contributed by atoms with Crippen LogP contribution in [0.3, 0.4) is 0 Å². The van der Waals surface area contributed by atoms with E-state index in [1.165, 1.54) is 5.69 Å². The molecule has 0 spiro atoms. The van der Waals surface area contributed by atoms with Gasteiger partial charge in [0.15, 0.2) is 6.10 Å². The average Bonchev–Trinajstić information content (AvgIpc) is 2.71. The molecule has 1 N–H and O–H groups in total. The SMILES string of the molecule is CC(Oc1ccc2ccccc2c1)C(=O)NCCCN(C)c1ccccc1. The average molecular weight is 362 g/mol. The molecule has 0 bridgehead atoms. The van der Waals surface area contributed by atoms with E-state index in [0.29, 0.717) is 12.3 Å². The Bertz CT molecular complexity index is 880. The van der Waals surface area contributed by atoms with Gasteiger partial charge in [-0.3, -0.25) is 4.79 Å². The number of para-hydroxylation sites is 1. The topological polar surface area (TPSA) is 41.6 Å². The second-order valence-corrected chi connectivity index (χ2v) is 6.67. The van der Waals surface area contributed by atoms with Crippen LogP contribution >= 0.6 is 0 Å². The van der Waals surface area contributed by atoms with Crippen LogP contribution in [-0.4, -0.2) is 32.1 Å². The smallest absolute Gasteiger partial charge is 0.260 e. The third-order valence-corrected chi connectivity index (χ3v) is 4.57. The van der Waals surface area contributed by atoms with Gasteiger partial charge >= 0.3 is 0 Å². The fourth-order valence-corrected chi connectivity index (χ4v) is 2.98. The van der Waals surface area contributed by atoms with E-state index < -0.39 is 6.10 Å². The van der Waals surface area contributed by atoms with Crippen LogP contribution in [0.4, 0.5) is 5.69 Å². The molecule has 0 aliphatic carbocycles.